The number of aromatic nitrogens is 1. The molecule has 0 aliphatic heterocycles. The van der Waals surface area contributed by atoms with E-state index in [1.807, 2.05) is 0 Å². The summed E-state index contributed by atoms with van der Waals surface area (Å²) in [6.07, 6.45) is 0. The van der Waals surface area contributed by atoms with Crippen LogP contribution < -0.4 is 11.3 Å². The molecule has 2 rings (SSSR count). The van der Waals surface area contributed by atoms with Gasteiger partial charge in [-0.25, -0.2) is 0 Å². The molecule has 1 heterocycles. The summed E-state index contributed by atoms with van der Waals surface area (Å²) in [5.74, 6) is 0.163. The molecule has 0 aliphatic rings. The van der Waals surface area contributed by atoms with Crippen molar-refractivity contribution in [3.63, 3.8) is 0 Å². The average Bonchev–Trinajstić information content (AvgIpc) is 2.14. The molecular weight excluding hydrogens is 180 g/mol. The molecule has 0 saturated carbocycles. The van der Waals surface area contributed by atoms with Crippen LogP contribution in [-0.4, -0.2) is 9.67 Å². The smallest absolute Gasteiger partial charge is 0.273 e. The third-order valence-electron chi connectivity index (χ3n) is 2.24. The highest BCUT2D eigenvalue weighted by atomic mass is 16.3. The fourth-order valence-corrected chi connectivity index (χ4v) is 1.50. The summed E-state index contributed by atoms with van der Waals surface area (Å²) in [4.78, 5) is 11.4. The van der Waals surface area contributed by atoms with Crippen LogP contribution in [-0.2, 0) is 7.05 Å². The van der Waals surface area contributed by atoms with Gasteiger partial charge in [0.25, 0.3) is 5.56 Å². The average molecular weight is 190 g/mol. The van der Waals surface area contributed by atoms with Crippen LogP contribution >= 0.6 is 0 Å². The van der Waals surface area contributed by atoms with Crippen LogP contribution in [0.25, 0.3) is 10.9 Å². The van der Waals surface area contributed by atoms with E-state index in [1.165, 1.54) is 10.6 Å². The van der Waals surface area contributed by atoms with Gasteiger partial charge in [-0.1, -0.05) is 0 Å². The van der Waals surface area contributed by atoms with Crippen LogP contribution in [0, 0.1) is 0 Å². The summed E-state index contributed by atoms with van der Waals surface area (Å²) in [7, 11) is 1.65. The van der Waals surface area contributed by atoms with E-state index in [4.69, 9.17) is 5.73 Å². The van der Waals surface area contributed by atoms with Crippen LogP contribution in [0.4, 0.5) is 5.69 Å². The lowest BCUT2D eigenvalue weighted by Gasteiger charge is -2.06. The van der Waals surface area contributed by atoms with Crippen LogP contribution in [0.15, 0.2) is 29.1 Å². The number of phenolic OH excluding ortho intramolecular Hbond substituents is 1. The monoisotopic (exact) mass is 190 g/mol. The van der Waals surface area contributed by atoms with Gasteiger partial charge in [0, 0.05) is 12.4 Å². The molecule has 0 amide bonds. The molecule has 14 heavy (non-hydrogen) atoms. The standard InChI is InChI=1S/C10H10N2O2/c1-12-9-3-2-7(13)4-6(9)5-8(11)10(12)14/h2-5,13H,11H2,1H3. The zero-order valence-electron chi connectivity index (χ0n) is 7.69. The molecule has 2 aromatic rings. The number of phenols is 1. The van der Waals surface area contributed by atoms with Crippen molar-refractivity contribution in [2.75, 3.05) is 5.73 Å². The second kappa shape index (κ2) is 2.77. The Hall–Kier alpha value is -1.97. The second-order valence-corrected chi connectivity index (χ2v) is 3.21. The van der Waals surface area contributed by atoms with Gasteiger partial charge in [0.15, 0.2) is 0 Å². The molecule has 72 valence electrons. The molecule has 4 nitrogen and oxygen atoms in total. The van der Waals surface area contributed by atoms with E-state index in [-0.39, 0.29) is 17.0 Å². The van der Waals surface area contributed by atoms with Crippen molar-refractivity contribution in [2.24, 2.45) is 7.05 Å². The molecule has 3 N–H and O–H groups in total. The molecule has 0 aliphatic carbocycles. The van der Waals surface area contributed by atoms with Crippen molar-refractivity contribution in [1.82, 2.24) is 4.57 Å². The quantitative estimate of drug-likeness (QED) is 0.646. The minimum atomic E-state index is -0.219. The number of anilines is 1. The minimum absolute atomic E-state index is 0.163. The molecule has 1 aromatic carbocycles. The summed E-state index contributed by atoms with van der Waals surface area (Å²) < 4.78 is 1.46. The van der Waals surface area contributed by atoms with Gasteiger partial charge in [0.05, 0.1) is 11.2 Å². The van der Waals surface area contributed by atoms with Gasteiger partial charge in [-0.15, -0.1) is 0 Å². The van der Waals surface area contributed by atoms with Gasteiger partial charge >= 0.3 is 0 Å². The predicted molar refractivity (Wildman–Crippen MR) is 55.3 cm³/mol. The van der Waals surface area contributed by atoms with Crippen molar-refractivity contribution in [3.8, 4) is 5.75 Å². The van der Waals surface area contributed by atoms with Gasteiger partial charge in [-0.3, -0.25) is 4.79 Å². The van der Waals surface area contributed by atoms with E-state index in [0.29, 0.717) is 0 Å². The van der Waals surface area contributed by atoms with E-state index >= 15 is 0 Å². The van der Waals surface area contributed by atoms with Crippen molar-refractivity contribution in [1.29, 1.82) is 0 Å². The normalized spacial score (nSPS) is 10.6. The minimum Gasteiger partial charge on any atom is -0.508 e. The van der Waals surface area contributed by atoms with E-state index < -0.39 is 0 Å². The van der Waals surface area contributed by atoms with Crippen LogP contribution in [0.5, 0.6) is 5.75 Å². The van der Waals surface area contributed by atoms with Gasteiger partial charge in [0.2, 0.25) is 0 Å². The van der Waals surface area contributed by atoms with Crippen molar-refractivity contribution >= 4 is 16.6 Å². The first kappa shape index (κ1) is 8.62. The highest BCUT2D eigenvalue weighted by Gasteiger charge is 2.03. The fourth-order valence-electron chi connectivity index (χ4n) is 1.50. The summed E-state index contributed by atoms with van der Waals surface area (Å²) in [6.45, 7) is 0. The number of nitrogen functional groups attached to an aromatic ring is 1. The maximum absolute atomic E-state index is 11.4. The van der Waals surface area contributed by atoms with E-state index in [0.717, 1.165) is 10.9 Å². The maximum Gasteiger partial charge on any atom is 0.273 e. The predicted octanol–water partition coefficient (Wildman–Crippen LogP) is 0.826. The Morgan fingerprint density at radius 3 is 2.79 bits per heavy atom. The summed E-state index contributed by atoms with van der Waals surface area (Å²) in [5, 5.41) is 10.0. The number of rotatable bonds is 0. The molecule has 0 atom stereocenters. The zero-order chi connectivity index (χ0) is 10.3. The van der Waals surface area contributed by atoms with Crippen molar-refractivity contribution in [3.05, 3.63) is 34.6 Å². The Morgan fingerprint density at radius 2 is 2.07 bits per heavy atom. The SMILES string of the molecule is Cn1c(=O)c(N)cc2cc(O)ccc21. The molecule has 0 radical (unpaired) electrons. The number of pyridine rings is 1. The lowest BCUT2D eigenvalue weighted by atomic mass is 10.2. The molecule has 0 unspecified atom stereocenters. The van der Waals surface area contributed by atoms with Crippen molar-refractivity contribution < 1.29 is 5.11 Å². The van der Waals surface area contributed by atoms with E-state index in [9.17, 15) is 9.90 Å². The van der Waals surface area contributed by atoms with Gasteiger partial charge in [-0.05, 0) is 24.3 Å². The summed E-state index contributed by atoms with van der Waals surface area (Å²) in [6, 6.07) is 6.37. The van der Waals surface area contributed by atoms with Crippen LogP contribution in [0.2, 0.25) is 0 Å². The molecule has 0 bridgehead atoms. The Labute approximate surface area is 80.2 Å². The molecule has 0 spiro atoms. The molecule has 0 fully saturated rings. The lowest BCUT2D eigenvalue weighted by Crippen LogP contribution is -2.19. The van der Waals surface area contributed by atoms with E-state index in [2.05, 4.69) is 0 Å². The fraction of sp³-hybridized carbons (Fsp3) is 0.100. The Bertz CT molecular complexity index is 558. The van der Waals surface area contributed by atoms with Gasteiger partial charge in [0.1, 0.15) is 5.75 Å². The number of fused-ring (bicyclic) bond motifs is 1. The maximum atomic E-state index is 11.4. The first-order chi connectivity index (χ1) is 6.59. The number of hydrogen-bond donors (Lipinski definition) is 2. The van der Waals surface area contributed by atoms with E-state index in [1.54, 1.807) is 25.2 Å². The highest BCUT2D eigenvalue weighted by Crippen LogP contribution is 2.19. The van der Waals surface area contributed by atoms with Crippen molar-refractivity contribution in [2.45, 2.75) is 0 Å². The molecule has 4 heteroatoms. The number of hydrogen-bond acceptors (Lipinski definition) is 3. The summed E-state index contributed by atoms with van der Waals surface area (Å²) >= 11 is 0. The number of aromatic hydroxyl groups is 1. The van der Waals surface area contributed by atoms with Gasteiger partial charge < -0.3 is 15.4 Å². The molecule has 1 aromatic heterocycles. The third-order valence-corrected chi connectivity index (χ3v) is 2.24. The highest BCUT2D eigenvalue weighted by molar-refractivity contribution is 5.83. The largest absolute Gasteiger partial charge is 0.508 e. The molecule has 0 saturated heterocycles. The topological polar surface area (TPSA) is 68.2 Å². The first-order valence-corrected chi connectivity index (χ1v) is 4.18. The molecular formula is C10H10N2O2. The Morgan fingerprint density at radius 1 is 1.36 bits per heavy atom. The lowest BCUT2D eigenvalue weighted by molar-refractivity contribution is 0.476. The number of nitrogens with two attached hydrogens (primary N) is 1. The number of benzene rings is 1. The second-order valence-electron chi connectivity index (χ2n) is 3.21. The van der Waals surface area contributed by atoms with Gasteiger partial charge in [-0.2, -0.15) is 0 Å². The number of nitrogens with zero attached hydrogens (tertiary/aromatic N) is 1. The van der Waals surface area contributed by atoms with Crippen LogP contribution in [0.3, 0.4) is 0 Å². The third kappa shape index (κ3) is 1.12. The Kier molecular flexibility index (Phi) is 1.70. The first-order valence-electron chi connectivity index (χ1n) is 4.18. The number of aryl methyl sites for hydroxylation is 1. The Balaban J connectivity index is 2.98. The van der Waals surface area contributed by atoms with Crippen LogP contribution in [0.1, 0.15) is 0 Å². The summed E-state index contributed by atoms with van der Waals surface area (Å²) in [5.41, 5.74) is 6.24. The zero-order valence-corrected chi connectivity index (χ0v) is 7.69.